The van der Waals surface area contributed by atoms with E-state index in [0.29, 0.717) is 6.61 Å². The number of aromatic nitrogens is 1. The van der Waals surface area contributed by atoms with Gasteiger partial charge in [-0.1, -0.05) is 0 Å². The van der Waals surface area contributed by atoms with Crippen LogP contribution in [-0.4, -0.2) is 35.9 Å². The molecule has 0 amide bonds. The molecule has 5 nitrogen and oxygen atoms in total. The van der Waals surface area contributed by atoms with Crippen molar-refractivity contribution in [1.29, 1.82) is 0 Å². The standard InChI is InChI=1S/C14H21BBrNO4S/c1-6-19-11(18)7-9(12-17-10(16)8-22-12)15-20-13(2,3)14(4,5)21-15/h8-9H,6-7H2,1-5H3. The van der Waals surface area contributed by atoms with Gasteiger partial charge in [-0.2, -0.15) is 0 Å². The summed E-state index contributed by atoms with van der Waals surface area (Å²) in [5, 5.41) is 2.69. The van der Waals surface area contributed by atoms with Crippen LogP contribution in [-0.2, 0) is 18.8 Å². The quantitative estimate of drug-likeness (QED) is 0.569. The lowest BCUT2D eigenvalue weighted by atomic mass is 9.70. The number of carbonyl (C=O) groups excluding carboxylic acids is 1. The second-order valence-corrected chi connectivity index (χ2v) is 7.95. The molecule has 0 spiro atoms. The molecule has 0 aromatic carbocycles. The Balaban J connectivity index is 2.24. The summed E-state index contributed by atoms with van der Waals surface area (Å²) in [6.45, 7) is 10.1. The van der Waals surface area contributed by atoms with Crippen LogP contribution in [0.3, 0.4) is 0 Å². The van der Waals surface area contributed by atoms with E-state index < -0.39 is 18.3 Å². The molecule has 0 N–H and O–H groups in total. The average molecular weight is 390 g/mol. The number of esters is 1. The summed E-state index contributed by atoms with van der Waals surface area (Å²) in [4.78, 5) is 16.4. The van der Waals surface area contributed by atoms with Crippen molar-refractivity contribution < 1.29 is 18.8 Å². The number of halogens is 1. The van der Waals surface area contributed by atoms with Crippen molar-refractivity contribution in [3.8, 4) is 0 Å². The molecule has 0 aliphatic carbocycles. The van der Waals surface area contributed by atoms with E-state index in [0.717, 1.165) is 9.61 Å². The normalized spacial score (nSPS) is 20.9. The van der Waals surface area contributed by atoms with Gasteiger partial charge in [0, 0.05) is 5.38 Å². The van der Waals surface area contributed by atoms with Crippen LogP contribution in [0.2, 0.25) is 0 Å². The summed E-state index contributed by atoms with van der Waals surface area (Å²) in [6, 6.07) is 0. The van der Waals surface area contributed by atoms with Crippen molar-refractivity contribution >= 4 is 40.4 Å². The van der Waals surface area contributed by atoms with Gasteiger partial charge in [0.15, 0.2) is 0 Å². The largest absolute Gasteiger partial charge is 0.468 e. The second kappa shape index (κ2) is 6.59. The number of hydrogen-bond donors (Lipinski definition) is 0. The molecule has 0 radical (unpaired) electrons. The zero-order valence-electron chi connectivity index (χ0n) is 13.5. The van der Waals surface area contributed by atoms with Crippen molar-refractivity contribution in [2.24, 2.45) is 0 Å². The highest BCUT2D eigenvalue weighted by molar-refractivity contribution is 9.10. The summed E-state index contributed by atoms with van der Waals surface area (Å²) >= 11 is 4.83. The fourth-order valence-corrected chi connectivity index (χ4v) is 3.57. The lowest BCUT2D eigenvalue weighted by molar-refractivity contribution is -0.143. The Hall–Kier alpha value is -0.435. The van der Waals surface area contributed by atoms with Gasteiger partial charge < -0.3 is 14.0 Å². The van der Waals surface area contributed by atoms with E-state index in [-0.39, 0.29) is 18.2 Å². The Kier molecular flexibility index (Phi) is 5.36. The highest BCUT2D eigenvalue weighted by Gasteiger charge is 2.55. The maximum absolute atomic E-state index is 11.9. The van der Waals surface area contributed by atoms with E-state index in [2.05, 4.69) is 20.9 Å². The molecule has 0 bridgehead atoms. The van der Waals surface area contributed by atoms with Gasteiger partial charge in [0.25, 0.3) is 0 Å². The molecule has 1 aromatic rings. The minimum absolute atomic E-state index is 0.185. The second-order valence-electron chi connectivity index (χ2n) is 6.25. The van der Waals surface area contributed by atoms with Gasteiger partial charge in [0.1, 0.15) is 4.60 Å². The highest BCUT2D eigenvalue weighted by Crippen LogP contribution is 2.42. The van der Waals surface area contributed by atoms with Crippen molar-refractivity contribution in [3.05, 3.63) is 15.0 Å². The SMILES string of the molecule is CCOC(=O)CC(B1OC(C)(C)C(C)(C)O1)c1nc(Br)cs1. The van der Waals surface area contributed by atoms with Gasteiger partial charge in [-0.25, -0.2) is 4.98 Å². The lowest BCUT2D eigenvalue weighted by Gasteiger charge is -2.32. The van der Waals surface area contributed by atoms with Crippen LogP contribution in [0.1, 0.15) is 51.9 Å². The first kappa shape index (κ1) is 17.9. The molecule has 1 aliphatic heterocycles. The third-order valence-electron chi connectivity index (χ3n) is 4.10. The van der Waals surface area contributed by atoms with Gasteiger partial charge in [-0.3, -0.25) is 4.79 Å². The van der Waals surface area contributed by atoms with Crippen LogP contribution in [0.5, 0.6) is 0 Å². The van der Waals surface area contributed by atoms with E-state index in [1.165, 1.54) is 11.3 Å². The first-order valence-corrected chi connectivity index (χ1v) is 8.95. The lowest BCUT2D eigenvalue weighted by Crippen LogP contribution is -2.41. The van der Waals surface area contributed by atoms with Gasteiger partial charge in [0.05, 0.1) is 35.1 Å². The Morgan fingerprint density at radius 2 is 2.00 bits per heavy atom. The third kappa shape index (κ3) is 3.72. The summed E-state index contributed by atoms with van der Waals surface area (Å²) in [5.74, 6) is -0.551. The minimum atomic E-state index is -0.521. The van der Waals surface area contributed by atoms with Crippen LogP contribution in [0.4, 0.5) is 0 Å². The highest BCUT2D eigenvalue weighted by atomic mass is 79.9. The molecule has 2 rings (SSSR count). The summed E-state index contributed by atoms with van der Waals surface area (Å²) in [6.07, 6.45) is 0.185. The van der Waals surface area contributed by atoms with Crippen LogP contribution < -0.4 is 0 Å². The van der Waals surface area contributed by atoms with Crippen LogP contribution in [0, 0.1) is 0 Å². The molecule has 1 unspecified atom stereocenters. The Bertz CT molecular complexity index is 533. The van der Waals surface area contributed by atoms with E-state index in [9.17, 15) is 4.79 Å². The molecule has 1 aliphatic rings. The molecular weight excluding hydrogens is 369 g/mol. The van der Waals surface area contributed by atoms with Gasteiger partial charge in [-0.15, -0.1) is 11.3 Å². The number of nitrogens with zero attached hydrogens (tertiary/aromatic N) is 1. The summed E-state index contributed by atoms with van der Waals surface area (Å²) in [7, 11) is -0.521. The monoisotopic (exact) mass is 389 g/mol. The van der Waals surface area contributed by atoms with E-state index >= 15 is 0 Å². The van der Waals surface area contributed by atoms with Crippen molar-refractivity contribution in [2.75, 3.05) is 6.61 Å². The van der Waals surface area contributed by atoms with Crippen LogP contribution in [0.15, 0.2) is 9.98 Å². The first-order chi connectivity index (χ1) is 10.2. The Labute approximate surface area is 144 Å². The molecule has 0 saturated carbocycles. The number of hydrogen-bond acceptors (Lipinski definition) is 6. The van der Waals surface area contributed by atoms with Crippen molar-refractivity contribution in [1.82, 2.24) is 4.98 Å². The molecule has 22 heavy (non-hydrogen) atoms. The fourth-order valence-electron chi connectivity index (χ4n) is 2.19. The number of thiazole rings is 1. The van der Waals surface area contributed by atoms with E-state index in [1.54, 1.807) is 6.92 Å². The molecule has 122 valence electrons. The topological polar surface area (TPSA) is 57.7 Å². The van der Waals surface area contributed by atoms with Crippen molar-refractivity contribution in [2.45, 2.75) is 58.1 Å². The fraction of sp³-hybridized carbons (Fsp3) is 0.714. The maximum atomic E-state index is 11.9. The molecule has 1 saturated heterocycles. The Morgan fingerprint density at radius 1 is 1.41 bits per heavy atom. The van der Waals surface area contributed by atoms with E-state index in [1.807, 2.05) is 33.1 Å². The smallest absolute Gasteiger partial charge is 0.466 e. The van der Waals surface area contributed by atoms with Gasteiger partial charge in [-0.05, 0) is 50.5 Å². The number of carbonyl (C=O) groups is 1. The van der Waals surface area contributed by atoms with E-state index in [4.69, 9.17) is 14.0 Å². The number of ether oxygens (including phenoxy) is 1. The molecule has 1 fully saturated rings. The molecule has 1 atom stereocenters. The maximum Gasteiger partial charge on any atom is 0.468 e. The number of rotatable bonds is 5. The van der Waals surface area contributed by atoms with Gasteiger partial charge in [0.2, 0.25) is 0 Å². The van der Waals surface area contributed by atoms with Crippen LogP contribution in [0.25, 0.3) is 0 Å². The minimum Gasteiger partial charge on any atom is -0.466 e. The predicted molar refractivity (Wildman–Crippen MR) is 89.9 cm³/mol. The first-order valence-electron chi connectivity index (χ1n) is 7.28. The molecule has 2 heterocycles. The summed E-state index contributed by atoms with van der Waals surface area (Å²) < 4.78 is 18.0. The molecular formula is C14H21BBrNO4S. The summed E-state index contributed by atoms with van der Waals surface area (Å²) in [5.41, 5.74) is -0.891. The third-order valence-corrected chi connectivity index (χ3v) is 5.79. The zero-order chi connectivity index (χ0) is 16.5. The van der Waals surface area contributed by atoms with Crippen LogP contribution >= 0.6 is 27.3 Å². The zero-order valence-corrected chi connectivity index (χ0v) is 15.9. The molecule has 1 aromatic heterocycles. The Morgan fingerprint density at radius 3 is 2.45 bits per heavy atom. The molecule has 8 heteroatoms. The average Bonchev–Trinajstić information content (AvgIpc) is 2.89. The predicted octanol–water partition coefficient (Wildman–Crippen LogP) is 3.57. The van der Waals surface area contributed by atoms with Crippen molar-refractivity contribution in [3.63, 3.8) is 0 Å². The van der Waals surface area contributed by atoms with Gasteiger partial charge >= 0.3 is 13.1 Å².